The van der Waals surface area contributed by atoms with Crippen LogP contribution in [0.2, 0.25) is 0 Å². The second-order valence-electron chi connectivity index (χ2n) is 8.09. The molecule has 1 saturated heterocycles. The molecule has 1 amide bonds. The van der Waals surface area contributed by atoms with Gasteiger partial charge in [-0.2, -0.15) is 0 Å². The van der Waals surface area contributed by atoms with E-state index in [0.29, 0.717) is 26.3 Å². The number of carbonyl (C=O) groups is 2. The second-order valence-corrected chi connectivity index (χ2v) is 8.09. The Labute approximate surface area is 183 Å². The molecule has 0 spiro atoms. The molecule has 2 aliphatic rings. The number of likely N-dealkylation sites (N-methyl/N-ethyl adjacent to an activating group) is 1. The molecule has 0 radical (unpaired) electrons. The van der Waals surface area contributed by atoms with Crippen LogP contribution in [0.15, 0.2) is 42.5 Å². The van der Waals surface area contributed by atoms with Crippen LogP contribution >= 0.6 is 0 Å². The van der Waals surface area contributed by atoms with E-state index >= 15 is 0 Å². The lowest BCUT2D eigenvalue weighted by Gasteiger charge is -2.36. The smallest absolute Gasteiger partial charge is 0.236 e. The van der Waals surface area contributed by atoms with Crippen LogP contribution in [0.4, 0.5) is 5.69 Å². The Bertz CT molecular complexity index is 936. The maximum absolute atomic E-state index is 12.7. The third-order valence-electron chi connectivity index (χ3n) is 5.82. The quantitative estimate of drug-likeness (QED) is 0.665. The van der Waals surface area contributed by atoms with E-state index in [9.17, 15) is 9.59 Å². The highest BCUT2D eigenvalue weighted by atomic mass is 16.6. The maximum atomic E-state index is 12.7. The molecule has 0 bridgehead atoms. The van der Waals surface area contributed by atoms with Gasteiger partial charge in [-0.05, 0) is 48.9 Å². The molecule has 1 fully saturated rings. The fourth-order valence-corrected chi connectivity index (χ4v) is 3.93. The van der Waals surface area contributed by atoms with Crippen LogP contribution in [0.3, 0.4) is 0 Å². The van der Waals surface area contributed by atoms with Crippen molar-refractivity contribution >= 4 is 17.4 Å². The van der Waals surface area contributed by atoms with E-state index in [-0.39, 0.29) is 11.7 Å². The first kappa shape index (κ1) is 21.2. The van der Waals surface area contributed by atoms with Crippen molar-refractivity contribution in [2.24, 2.45) is 0 Å². The summed E-state index contributed by atoms with van der Waals surface area (Å²) in [5.74, 6) is 1.69. The molecular formula is C24H29N3O4. The van der Waals surface area contributed by atoms with Crippen molar-refractivity contribution in [1.29, 1.82) is 0 Å². The Balaban J connectivity index is 1.26. The van der Waals surface area contributed by atoms with Crippen molar-refractivity contribution in [1.82, 2.24) is 9.80 Å². The Hall–Kier alpha value is -3.06. The number of hydrogen-bond acceptors (Lipinski definition) is 6. The van der Waals surface area contributed by atoms with Crippen molar-refractivity contribution < 1.29 is 19.1 Å². The van der Waals surface area contributed by atoms with Gasteiger partial charge in [0.25, 0.3) is 0 Å². The highest BCUT2D eigenvalue weighted by Gasteiger charge is 2.21. The number of anilines is 1. The number of Topliss-reactive ketones (excluding diaryl/α,β-unsaturated/α-hetero) is 1. The molecule has 0 aromatic heterocycles. The lowest BCUT2D eigenvalue weighted by Crippen LogP contribution is -2.49. The third-order valence-corrected chi connectivity index (χ3v) is 5.82. The van der Waals surface area contributed by atoms with Crippen LogP contribution in [-0.2, 0) is 11.3 Å². The fourth-order valence-electron chi connectivity index (χ4n) is 3.93. The van der Waals surface area contributed by atoms with Gasteiger partial charge in [-0.15, -0.1) is 0 Å². The molecule has 0 aliphatic carbocycles. The van der Waals surface area contributed by atoms with Crippen LogP contribution < -0.4 is 14.4 Å². The van der Waals surface area contributed by atoms with Crippen molar-refractivity contribution in [2.45, 2.75) is 13.5 Å². The molecule has 2 aliphatic heterocycles. The van der Waals surface area contributed by atoms with Crippen LogP contribution in [0.5, 0.6) is 11.5 Å². The number of nitrogens with zero attached hydrogens (tertiary/aromatic N) is 3. The lowest BCUT2D eigenvalue weighted by molar-refractivity contribution is -0.131. The number of ketones is 1. The van der Waals surface area contributed by atoms with Crippen LogP contribution in [-0.4, -0.2) is 74.5 Å². The van der Waals surface area contributed by atoms with Crippen molar-refractivity contribution in [2.75, 3.05) is 57.9 Å². The van der Waals surface area contributed by atoms with E-state index in [0.717, 1.165) is 54.5 Å². The summed E-state index contributed by atoms with van der Waals surface area (Å²) in [4.78, 5) is 30.4. The molecule has 0 unspecified atom stereocenters. The van der Waals surface area contributed by atoms with Gasteiger partial charge in [0.05, 0.1) is 6.54 Å². The highest BCUT2D eigenvalue weighted by molar-refractivity contribution is 5.94. The largest absolute Gasteiger partial charge is 0.486 e. The van der Waals surface area contributed by atoms with E-state index in [2.05, 4.69) is 9.80 Å². The summed E-state index contributed by atoms with van der Waals surface area (Å²) in [6, 6.07) is 13.6. The Kier molecular flexibility index (Phi) is 6.42. The molecule has 164 valence electrons. The second kappa shape index (κ2) is 9.39. The summed E-state index contributed by atoms with van der Waals surface area (Å²) in [5.41, 5.74) is 2.87. The van der Waals surface area contributed by atoms with E-state index in [4.69, 9.17) is 9.47 Å². The summed E-state index contributed by atoms with van der Waals surface area (Å²) in [6.07, 6.45) is 0. The minimum atomic E-state index is 0.0789. The number of ether oxygens (including phenoxy) is 2. The number of amides is 1. The number of rotatable bonds is 6. The number of benzene rings is 2. The van der Waals surface area contributed by atoms with Gasteiger partial charge in [0.2, 0.25) is 5.91 Å². The van der Waals surface area contributed by atoms with Gasteiger partial charge in [0.15, 0.2) is 17.3 Å². The third kappa shape index (κ3) is 5.17. The normalized spacial score (nSPS) is 16.1. The zero-order chi connectivity index (χ0) is 21.8. The summed E-state index contributed by atoms with van der Waals surface area (Å²) < 4.78 is 11.2. The van der Waals surface area contributed by atoms with E-state index in [1.807, 2.05) is 49.5 Å². The average molecular weight is 424 g/mol. The molecule has 2 aromatic carbocycles. The number of piperazine rings is 1. The molecule has 2 aromatic rings. The summed E-state index contributed by atoms with van der Waals surface area (Å²) >= 11 is 0. The summed E-state index contributed by atoms with van der Waals surface area (Å²) in [7, 11) is 1.84. The van der Waals surface area contributed by atoms with Gasteiger partial charge in [0.1, 0.15) is 13.2 Å². The van der Waals surface area contributed by atoms with Gasteiger partial charge < -0.3 is 19.3 Å². The zero-order valence-corrected chi connectivity index (χ0v) is 18.2. The van der Waals surface area contributed by atoms with Crippen molar-refractivity contribution in [3.63, 3.8) is 0 Å². The fraction of sp³-hybridized carbons (Fsp3) is 0.417. The molecule has 2 heterocycles. The minimum Gasteiger partial charge on any atom is -0.486 e. The molecular weight excluding hydrogens is 394 g/mol. The monoisotopic (exact) mass is 423 g/mol. The van der Waals surface area contributed by atoms with E-state index in [1.165, 1.54) is 0 Å². The average Bonchev–Trinajstić information content (AvgIpc) is 2.79. The summed E-state index contributed by atoms with van der Waals surface area (Å²) in [6.45, 7) is 7.04. The molecule has 4 rings (SSSR count). The van der Waals surface area contributed by atoms with Gasteiger partial charge in [-0.3, -0.25) is 14.5 Å². The summed E-state index contributed by atoms with van der Waals surface area (Å²) in [5, 5.41) is 0. The number of hydrogen-bond donors (Lipinski definition) is 0. The standard InChI is InChI=1S/C24H29N3O4/c1-18(28)20-4-6-21(7-5-20)27-11-9-26(10-12-27)17-24(29)25(2)16-19-3-8-22-23(15-19)31-14-13-30-22/h3-8,15H,9-14,16-17H2,1-2H3. The molecule has 0 saturated carbocycles. The predicted octanol–water partition coefficient (Wildman–Crippen LogP) is 2.44. The predicted molar refractivity (Wildman–Crippen MR) is 119 cm³/mol. The van der Waals surface area contributed by atoms with Crippen LogP contribution in [0.25, 0.3) is 0 Å². The first-order valence-electron chi connectivity index (χ1n) is 10.7. The molecule has 7 heteroatoms. The van der Waals surface area contributed by atoms with Crippen LogP contribution in [0, 0.1) is 0 Å². The van der Waals surface area contributed by atoms with Gasteiger partial charge >= 0.3 is 0 Å². The minimum absolute atomic E-state index is 0.0789. The van der Waals surface area contributed by atoms with Crippen molar-refractivity contribution in [3.05, 3.63) is 53.6 Å². The van der Waals surface area contributed by atoms with E-state index < -0.39 is 0 Å². The molecule has 0 N–H and O–H groups in total. The molecule has 31 heavy (non-hydrogen) atoms. The highest BCUT2D eigenvalue weighted by Crippen LogP contribution is 2.31. The first-order valence-corrected chi connectivity index (χ1v) is 10.7. The number of fused-ring (bicyclic) bond motifs is 1. The Morgan fingerprint density at radius 2 is 1.61 bits per heavy atom. The van der Waals surface area contributed by atoms with Crippen LogP contribution in [0.1, 0.15) is 22.8 Å². The first-order chi connectivity index (χ1) is 15.0. The van der Waals surface area contributed by atoms with E-state index in [1.54, 1.807) is 11.8 Å². The van der Waals surface area contributed by atoms with Crippen molar-refractivity contribution in [3.8, 4) is 11.5 Å². The van der Waals surface area contributed by atoms with Gasteiger partial charge in [0, 0.05) is 51.0 Å². The van der Waals surface area contributed by atoms with Gasteiger partial charge in [-0.1, -0.05) is 6.07 Å². The Morgan fingerprint density at radius 3 is 2.29 bits per heavy atom. The lowest BCUT2D eigenvalue weighted by atomic mass is 10.1. The molecule has 7 nitrogen and oxygen atoms in total. The maximum Gasteiger partial charge on any atom is 0.236 e. The zero-order valence-electron chi connectivity index (χ0n) is 18.2. The van der Waals surface area contributed by atoms with Gasteiger partial charge in [-0.25, -0.2) is 0 Å². The topological polar surface area (TPSA) is 62.3 Å². The Morgan fingerprint density at radius 1 is 0.935 bits per heavy atom. The number of carbonyl (C=O) groups excluding carboxylic acids is 2. The SMILES string of the molecule is CC(=O)c1ccc(N2CCN(CC(=O)N(C)Cc3ccc4c(c3)OCCO4)CC2)cc1. The molecule has 0 atom stereocenters.